The average Bonchev–Trinajstić information content (AvgIpc) is 3.08. The van der Waals surface area contributed by atoms with Crippen LogP contribution in [0, 0.1) is 17.8 Å². The van der Waals surface area contributed by atoms with Gasteiger partial charge in [0, 0.05) is 12.5 Å². The van der Waals surface area contributed by atoms with E-state index in [1.807, 2.05) is 0 Å². The van der Waals surface area contributed by atoms with Crippen molar-refractivity contribution in [2.75, 3.05) is 13.1 Å². The normalized spacial score (nSPS) is 32.9. The van der Waals surface area contributed by atoms with Crippen molar-refractivity contribution in [2.24, 2.45) is 17.8 Å². The Morgan fingerprint density at radius 3 is 3.00 bits per heavy atom. The smallest absolute Gasteiger partial charge is 0.220 e. The third-order valence-corrected chi connectivity index (χ3v) is 4.58. The molecule has 1 aliphatic carbocycles. The summed E-state index contributed by atoms with van der Waals surface area (Å²) in [5, 5.41) is 6.63. The van der Waals surface area contributed by atoms with Crippen LogP contribution in [0.1, 0.15) is 52.4 Å². The summed E-state index contributed by atoms with van der Waals surface area (Å²) >= 11 is 0. The number of nitrogens with one attached hydrogen (secondary N) is 2. The Labute approximate surface area is 111 Å². The van der Waals surface area contributed by atoms with Crippen LogP contribution in [-0.2, 0) is 4.79 Å². The van der Waals surface area contributed by atoms with Crippen LogP contribution in [0.15, 0.2) is 0 Å². The van der Waals surface area contributed by atoms with Gasteiger partial charge in [0.15, 0.2) is 0 Å². The topological polar surface area (TPSA) is 41.1 Å². The van der Waals surface area contributed by atoms with Crippen molar-refractivity contribution in [3.63, 3.8) is 0 Å². The Hall–Kier alpha value is -0.570. The summed E-state index contributed by atoms with van der Waals surface area (Å²) in [6, 6.07) is 0.495. The largest absolute Gasteiger partial charge is 0.353 e. The van der Waals surface area contributed by atoms with Gasteiger partial charge in [-0.25, -0.2) is 0 Å². The maximum atomic E-state index is 12.0. The number of piperidine rings is 1. The van der Waals surface area contributed by atoms with Gasteiger partial charge < -0.3 is 10.6 Å². The molecule has 104 valence electrons. The van der Waals surface area contributed by atoms with Crippen LogP contribution in [0.5, 0.6) is 0 Å². The number of rotatable bonds is 6. The standard InChI is InChI=1S/C15H28N2O/c1-3-5-12-9-14(12)17-15(18)8-11(2)13-6-4-7-16-10-13/h11-14,16H,3-10H2,1-2H3,(H,17,18). The van der Waals surface area contributed by atoms with Gasteiger partial charge in [-0.3, -0.25) is 4.79 Å². The number of carbonyl (C=O) groups is 1. The van der Waals surface area contributed by atoms with Gasteiger partial charge in [-0.1, -0.05) is 20.3 Å². The van der Waals surface area contributed by atoms with Crippen molar-refractivity contribution in [3.05, 3.63) is 0 Å². The molecule has 3 heteroatoms. The maximum Gasteiger partial charge on any atom is 0.220 e. The Balaban J connectivity index is 1.64. The zero-order chi connectivity index (χ0) is 13.0. The minimum Gasteiger partial charge on any atom is -0.353 e. The number of hydrogen-bond acceptors (Lipinski definition) is 2. The highest BCUT2D eigenvalue weighted by Crippen LogP contribution is 2.34. The van der Waals surface area contributed by atoms with Crippen molar-refractivity contribution >= 4 is 5.91 Å². The van der Waals surface area contributed by atoms with Gasteiger partial charge >= 0.3 is 0 Å². The van der Waals surface area contributed by atoms with Gasteiger partial charge in [0.05, 0.1) is 0 Å². The predicted molar refractivity (Wildman–Crippen MR) is 74.3 cm³/mol. The van der Waals surface area contributed by atoms with E-state index in [9.17, 15) is 4.79 Å². The van der Waals surface area contributed by atoms with Gasteiger partial charge in [-0.15, -0.1) is 0 Å². The lowest BCUT2D eigenvalue weighted by Gasteiger charge is -2.28. The highest BCUT2D eigenvalue weighted by molar-refractivity contribution is 5.76. The first kappa shape index (κ1) is 13.9. The van der Waals surface area contributed by atoms with Crippen molar-refractivity contribution in [2.45, 2.75) is 58.4 Å². The van der Waals surface area contributed by atoms with Crippen molar-refractivity contribution in [3.8, 4) is 0 Å². The molecule has 0 aromatic rings. The zero-order valence-corrected chi connectivity index (χ0v) is 11.9. The lowest BCUT2D eigenvalue weighted by Crippen LogP contribution is -2.36. The van der Waals surface area contributed by atoms with Crippen LogP contribution < -0.4 is 10.6 Å². The van der Waals surface area contributed by atoms with E-state index >= 15 is 0 Å². The summed E-state index contributed by atoms with van der Waals surface area (Å²) in [6.45, 7) is 6.69. The van der Waals surface area contributed by atoms with Crippen LogP contribution in [0.4, 0.5) is 0 Å². The first-order valence-corrected chi connectivity index (χ1v) is 7.70. The summed E-state index contributed by atoms with van der Waals surface area (Å²) in [5.41, 5.74) is 0. The van der Waals surface area contributed by atoms with E-state index in [-0.39, 0.29) is 5.91 Å². The fourth-order valence-corrected chi connectivity index (χ4v) is 3.20. The molecule has 2 fully saturated rings. The molecule has 1 saturated carbocycles. The summed E-state index contributed by atoms with van der Waals surface area (Å²) in [4.78, 5) is 12.0. The summed E-state index contributed by atoms with van der Waals surface area (Å²) in [6.07, 6.45) is 6.97. The molecule has 2 N–H and O–H groups in total. The quantitative estimate of drug-likeness (QED) is 0.761. The second-order valence-corrected chi connectivity index (χ2v) is 6.25. The number of amides is 1. The third-order valence-electron chi connectivity index (χ3n) is 4.58. The number of carbonyl (C=O) groups excluding carboxylic acids is 1. The second-order valence-electron chi connectivity index (χ2n) is 6.25. The molecule has 0 aromatic heterocycles. The van der Waals surface area contributed by atoms with Gasteiger partial charge in [0.1, 0.15) is 0 Å². The molecule has 0 aromatic carbocycles. The van der Waals surface area contributed by atoms with Crippen LogP contribution >= 0.6 is 0 Å². The van der Waals surface area contributed by atoms with E-state index in [2.05, 4.69) is 24.5 Å². The number of hydrogen-bond donors (Lipinski definition) is 2. The fourth-order valence-electron chi connectivity index (χ4n) is 3.20. The molecule has 2 rings (SSSR count). The average molecular weight is 252 g/mol. The van der Waals surface area contributed by atoms with Crippen molar-refractivity contribution in [1.82, 2.24) is 10.6 Å². The first-order valence-electron chi connectivity index (χ1n) is 7.70. The summed E-state index contributed by atoms with van der Waals surface area (Å²) in [5.74, 6) is 2.25. The first-order chi connectivity index (χ1) is 8.70. The van der Waals surface area contributed by atoms with E-state index in [1.165, 1.54) is 32.1 Å². The summed E-state index contributed by atoms with van der Waals surface area (Å²) < 4.78 is 0. The lowest BCUT2D eigenvalue weighted by molar-refractivity contribution is -0.122. The molecule has 4 atom stereocenters. The molecule has 2 aliphatic rings. The molecular formula is C15H28N2O. The Morgan fingerprint density at radius 1 is 1.50 bits per heavy atom. The molecule has 18 heavy (non-hydrogen) atoms. The van der Waals surface area contributed by atoms with Gasteiger partial charge in [-0.2, -0.15) is 0 Å². The van der Waals surface area contributed by atoms with Crippen molar-refractivity contribution < 1.29 is 4.79 Å². The molecule has 1 amide bonds. The van der Waals surface area contributed by atoms with Crippen LogP contribution in [-0.4, -0.2) is 25.0 Å². The highest BCUT2D eigenvalue weighted by atomic mass is 16.1. The van der Waals surface area contributed by atoms with Crippen molar-refractivity contribution in [1.29, 1.82) is 0 Å². The predicted octanol–water partition coefficient (Wildman–Crippen LogP) is 2.32. The molecule has 0 radical (unpaired) electrons. The lowest BCUT2D eigenvalue weighted by atomic mass is 9.85. The maximum absolute atomic E-state index is 12.0. The third kappa shape index (κ3) is 3.98. The molecular weight excluding hydrogens is 224 g/mol. The Bertz CT molecular complexity index is 274. The molecule has 4 unspecified atom stereocenters. The van der Waals surface area contributed by atoms with E-state index in [4.69, 9.17) is 0 Å². The SMILES string of the molecule is CCCC1CC1NC(=O)CC(C)C1CCCNC1. The summed E-state index contributed by atoms with van der Waals surface area (Å²) in [7, 11) is 0. The Morgan fingerprint density at radius 2 is 2.33 bits per heavy atom. The van der Waals surface area contributed by atoms with Crippen LogP contribution in [0.25, 0.3) is 0 Å². The molecule has 1 heterocycles. The molecule has 1 saturated heterocycles. The highest BCUT2D eigenvalue weighted by Gasteiger charge is 2.37. The van der Waals surface area contributed by atoms with E-state index in [0.717, 1.165) is 19.0 Å². The second kappa shape index (κ2) is 6.55. The molecule has 3 nitrogen and oxygen atoms in total. The van der Waals surface area contributed by atoms with Crippen LogP contribution in [0.2, 0.25) is 0 Å². The minimum atomic E-state index is 0.275. The van der Waals surface area contributed by atoms with Gasteiger partial charge in [0.25, 0.3) is 0 Å². The molecule has 0 spiro atoms. The van der Waals surface area contributed by atoms with Crippen LogP contribution in [0.3, 0.4) is 0 Å². The molecule has 0 bridgehead atoms. The van der Waals surface area contributed by atoms with E-state index in [1.54, 1.807) is 0 Å². The minimum absolute atomic E-state index is 0.275. The monoisotopic (exact) mass is 252 g/mol. The van der Waals surface area contributed by atoms with E-state index < -0.39 is 0 Å². The Kier molecular flexibility index (Phi) is 5.04. The van der Waals surface area contributed by atoms with Gasteiger partial charge in [-0.05, 0) is 56.5 Å². The van der Waals surface area contributed by atoms with E-state index in [0.29, 0.717) is 24.3 Å². The fraction of sp³-hybridized carbons (Fsp3) is 0.933. The van der Waals surface area contributed by atoms with Gasteiger partial charge in [0.2, 0.25) is 5.91 Å². The zero-order valence-electron chi connectivity index (χ0n) is 11.9. The molecule has 1 aliphatic heterocycles.